The maximum Gasteiger partial charge on any atom is 0.240 e. The van der Waals surface area contributed by atoms with Crippen molar-refractivity contribution in [2.75, 3.05) is 38.1 Å². The Kier molecular flexibility index (Phi) is 8.05. The molecule has 0 spiro atoms. The molecule has 1 saturated heterocycles. The summed E-state index contributed by atoms with van der Waals surface area (Å²) in [6.07, 6.45) is 1.85. The van der Waals surface area contributed by atoms with E-state index in [0.717, 1.165) is 44.2 Å². The number of carbonyl (C=O) groups excluding carboxylic acids is 2. The molecule has 2 N–H and O–H groups in total. The lowest BCUT2D eigenvalue weighted by atomic mass is 9.92. The van der Waals surface area contributed by atoms with E-state index in [9.17, 15) is 18.0 Å². The van der Waals surface area contributed by atoms with Gasteiger partial charge in [0, 0.05) is 59.4 Å². The molecule has 0 saturated carbocycles. The van der Waals surface area contributed by atoms with Crippen molar-refractivity contribution in [1.29, 1.82) is 0 Å². The smallest absolute Gasteiger partial charge is 0.240 e. The van der Waals surface area contributed by atoms with Gasteiger partial charge in [0.15, 0.2) is 9.84 Å². The van der Waals surface area contributed by atoms with Gasteiger partial charge in [0.2, 0.25) is 11.8 Å². The summed E-state index contributed by atoms with van der Waals surface area (Å²) in [4.78, 5) is 36.8. The first-order valence-corrected chi connectivity index (χ1v) is 17.0. The van der Waals surface area contributed by atoms with Crippen LogP contribution in [0.3, 0.4) is 0 Å². The van der Waals surface area contributed by atoms with Crippen LogP contribution in [0.2, 0.25) is 0 Å². The van der Waals surface area contributed by atoms with Crippen LogP contribution < -0.4 is 10.2 Å². The van der Waals surface area contributed by atoms with Crippen LogP contribution in [0.25, 0.3) is 44.2 Å². The van der Waals surface area contributed by atoms with E-state index in [1.165, 1.54) is 0 Å². The third kappa shape index (κ3) is 6.13. The van der Waals surface area contributed by atoms with E-state index in [4.69, 9.17) is 4.98 Å². The summed E-state index contributed by atoms with van der Waals surface area (Å²) in [7, 11) is -1.79. The summed E-state index contributed by atoms with van der Waals surface area (Å²) in [5, 5.41) is 4.58. The molecular weight excluding hydrogens is 611 g/mol. The number of aromatic nitrogens is 2. The largest absolute Gasteiger partial charge is 0.354 e. The van der Waals surface area contributed by atoms with Crippen LogP contribution in [0.15, 0.2) is 114 Å². The molecule has 6 aromatic rings. The highest BCUT2D eigenvalue weighted by Gasteiger charge is 2.22. The molecule has 236 valence electrons. The van der Waals surface area contributed by atoms with E-state index in [0.29, 0.717) is 29.2 Å². The standard InChI is InChI=1S/C37H33N5O4S/c1-41(34(44)23-42-19-18-38-33(43)22-42)28-15-13-26(14-16-28)31-21-39-37-36(35(31)27-8-4-2-5-9-27)30-20-25(12-17-32(30)40-37)24-47(45,46)29-10-6-3-7-11-29/h2-17,20-21H,18-19,22-24H2,1H3,(H,38,43)(H,39,40). The Morgan fingerprint density at radius 2 is 1.64 bits per heavy atom. The number of amides is 2. The number of piperazine rings is 1. The molecule has 1 aliphatic heterocycles. The van der Waals surface area contributed by atoms with Crippen LogP contribution in [0, 0.1) is 0 Å². The fourth-order valence-electron chi connectivity index (χ4n) is 6.18. The highest BCUT2D eigenvalue weighted by Crippen LogP contribution is 2.41. The highest BCUT2D eigenvalue weighted by molar-refractivity contribution is 7.90. The number of hydrogen-bond donors (Lipinski definition) is 2. The van der Waals surface area contributed by atoms with Crippen LogP contribution >= 0.6 is 0 Å². The number of sulfone groups is 1. The molecule has 1 fully saturated rings. The van der Waals surface area contributed by atoms with Gasteiger partial charge in [-0.05, 0) is 53.1 Å². The van der Waals surface area contributed by atoms with E-state index in [-0.39, 0.29) is 30.7 Å². The maximum atomic E-state index is 13.2. The number of H-pyrrole nitrogens is 1. The van der Waals surface area contributed by atoms with Crippen molar-refractivity contribution in [3.63, 3.8) is 0 Å². The topological polar surface area (TPSA) is 115 Å². The summed E-state index contributed by atoms with van der Waals surface area (Å²) in [6.45, 7) is 1.56. The molecule has 0 unspecified atom stereocenters. The first-order chi connectivity index (χ1) is 22.8. The Hall–Kier alpha value is -5.32. The van der Waals surface area contributed by atoms with Crippen LogP contribution in [0.1, 0.15) is 5.56 Å². The summed E-state index contributed by atoms with van der Waals surface area (Å²) < 4.78 is 26.5. The van der Waals surface area contributed by atoms with Gasteiger partial charge >= 0.3 is 0 Å². The second kappa shape index (κ2) is 12.5. The van der Waals surface area contributed by atoms with E-state index >= 15 is 0 Å². The molecule has 0 radical (unpaired) electrons. The third-order valence-electron chi connectivity index (χ3n) is 8.62. The van der Waals surface area contributed by atoms with Gasteiger partial charge in [-0.2, -0.15) is 0 Å². The number of nitrogens with one attached hydrogen (secondary N) is 2. The molecule has 9 nitrogen and oxygen atoms in total. The van der Waals surface area contributed by atoms with Crippen LogP contribution in [-0.4, -0.2) is 68.3 Å². The predicted molar refractivity (Wildman–Crippen MR) is 185 cm³/mol. The molecular formula is C37H33N5O4S. The van der Waals surface area contributed by atoms with E-state index in [1.807, 2.05) is 71.8 Å². The van der Waals surface area contributed by atoms with Gasteiger partial charge in [-0.15, -0.1) is 0 Å². The summed E-state index contributed by atoms with van der Waals surface area (Å²) >= 11 is 0. The molecule has 4 aromatic carbocycles. The zero-order valence-electron chi connectivity index (χ0n) is 25.8. The molecule has 47 heavy (non-hydrogen) atoms. The van der Waals surface area contributed by atoms with Crippen LogP contribution in [0.5, 0.6) is 0 Å². The normalized spacial score (nSPS) is 13.9. The predicted octanol–water partition coefficient (Wildman–Crippen LogP) is 5.42. The molecule has 0 bridgehead atoms. The molecule has 2 aromatic heterocycles. The lowest BCUT2D eigenvalue weighted by Crippen LogP contribution is -2.50. The quantitative estimate of drug-likeness (QED) is 0.229. The molecule has 1 aliphatic rings. The first kappa shape index (κ1) is 30.3. The number of hydrogen-bond acceptors (Lipinski definition) is 6. The second-order valence-corrected chi connectivity index (χ2v) is 13.8. The SMILES string of the molecule is CN(C(=O)CN1CCNC(=O)C1)c1ccc(-c2cnc3[nH]c4ccc(CS(=O)(=O)c5ccccc5)cc4c3c2-c2ccccc2)cc1. The Bertz CT molecular complexity index is 2220. The van der Waals surface area contributed by atoms with Gasteiger partial charge in [-0.25, -0.2) is 13.4 Å². The Morgan fingerprint density at radius 1 is 0.915 bits per heavy atom. The summed E-state index contributed by atoms with van der Waals surface area (Å²) in [5.41, 5.74) is 6.81. The Morgan fingerprint density at radius 3 is 2.36 bits per heavy atom. The van der Waals surface area contributed by atoms with E-state index in [1.54, 1.807) is 42.3 Å². The van der Waals surface area contributed by atoms with Crippen molar-refractivity contribution in [2.45, 2.75) is 10.6 Å². The summed E-state index contributed by atoms with van der Waals surface area (Å²) in [6, 6.07) is 32.1. The lowest BCUT2D eigenvalue weighted by Gasteiger charge is -2.28. The Balaban J connectivity index is 1.27. The molecule has 0 atom stereocenters. The van der Waals surface area contributed by atoms with Gasteiger partial charge in [-0.3, -0.25) is 14.5 Å². The van der Waals surface area contributed by atoms with Gasteiger partial charge < -0.3 is 15.2 Å². The van der Waals surface area contributed by atoms with Crippen molar-refractivity contribution in [3.8, 4) is 22.3 Å². The zero-order chi connectivity index (χ0) is 32.5. The van der Waals surface area contributed by atoms with Crippen molar-refractivity contribution in [3.05, 3.63) is 115 Å². The monoisotopic (exact) mass is 643 g/mol. The Labute approximate surface area is 272 Å². The minimum Gasteiger partial charge on any atom is -0.354 e. The minimum atomic E-state index is -3.53. The molecule has 0 aliphatic carbocycles. The number of nitrogens with zero attached hydrogens (tertiary/aromatic N) is 3. The number of rotatable bonds is 8. The number of carbonyl (C=O) groups is 2. The number of fused-ring (bicyclic) bond motifs is 3. The van der Waals surface area contributed by atoms with Gasteiger partial charge in [0.05, 0.1) is 23.7 Å². The van der Waals surface area contributed by atoms with E-state index < -0.39 is 9.84 Å². The molecule has 3 heterocycles. The number of benzene rings is 4. The number of likely N-dealkylation sites (N-methyl/N-ethyl adjacent to an activating group) is 1. The third-order valence-corrected chi connectivity index (χ3v) is 10.3. The zero-order valence-corrected chi connectivity index (χ0v) is 26.6. The fraction of sp³-hybridized carbons (Fsp3) is 0.162. The van der Waals surface area contributed by atoms with Gasteiger partial charge in [0.1, 0.15) is 5.65 Å². The first-order valence-electron chi connectivity index (χ1n) is 15.4. The minimum absolute atomic E-state index is 0.0699. The van der Waals surface area contributed by atoms with Gasteiger partial charge in [-0.1, -0.05) is 66.7 Å². The highest BCUT2D eigenvalue weighted by atomic mass is 32.2. The van der Waals surface area contributed by atoms with E-state index in [2.05, 4.69) is 22.4 Å². The number of aromatic amines is 1. The summed E-state index contributed by atoms with van der Waals surface area (Å²) in [5.74, 6) is -0.282. The van der Waals surface area contributed by atoms with Crippen molar-refractivity contribution in [2.24, 2.45) is 0 Å². The van der Waals surface area contributed by atoms with Gasteiger partial charge in [0.25, 0.3) is 0 Å². The lowest BCUT2D eigenvalue weighted by molar-refractivity contribution is -0.126. The van der Waals surface area contributed by atoms with Crippen molar-refractivity contribution >= 4 is 49.3 Å². The van der Waals surface area contributed by atoms with Crippen LogP contribution in [0.4, 0.5) is 5.69 Å². The molecule has 2 amide bonds. The molecule has 10 heteroatoms. The average Bonchev–Trinajstić information content (AvgIpc) is 3.46. The van der Waals surface area contributed by atoms with Crippen molar-refractivity contribution < 1.29 is 18.0 Å². The number of anilines is 1. The van der Waals surface area contributed by atoms with Crippen LogP contribution in [-0.2, 0) is 25.2 Å². The fourth-order valence-corrected chi connectivity index (χ4v) is 7.54. The second-order valence-electron chi connectivity index (χ2n) is 11.8. The molecule has 7 rings (SSSR count). The van der Waals surface area contributed by atoms with Crippen molar-refractivity contribution in [1.82, 2.24) is 20.2 Å². The maximum absolute atomic E-state index is 13.2. The average molecular weight is 644 g/mol. The number of pyridine rings is 1.